The summed E-state index contributed by atoms with van der Waals surface area (Å²) in [5.74, 6) is 0.234. The lowest BCUT2D eigenvalue weighted by molar-refractivity contribution is -0.181. The van der Waals surface area contributed by atoms with E-state index in [9.17, 15) is 4.79 Å². The van der Waals surface area contributed by atoms with Gasteiger partial charge < -0.3 is 19.7 Å². The fraction of sp³-hybridized carbons (Fsp3) is 0.500. The van der Waals surface area contributed by atoms with Gasteiger partial charge in [0.15, 0.2) is 5.79 Å². The van der Waals surface area contributed by atoms with Crippen LogP contribution in [0, 0.1) is 6.92 Å². The van der Waals surface area contributed by atoms with Crippen molar-refractivity contribution < 1.29 is 14.3 Å². The smallest absolute Gasteiger partial charge is 0.272 e. The minimum Gasteiger partial charge on any atom is -0.347 e. The highest BCUT2D eigenvalue weighted by molar-refractivity contribution is 5.92. The zero-order valence-electron chi connectivity index (χ0n) is 17.3. The molecule has 0 aliphatic carbocycles. The number of piperidine rings is 1. The van der Waals surface area contributed by atoms with E-state index in [-0.39, 0.29) is 5.91 Å². The number of ether oxygens (including phenoxy) is 2. The predicted molar refractivity (Wildman–Crippen MR) is 110 cm³/mol. The molecule has 2 aromatic rings. The van der Waals surface area contributed by atoms with E-state index in [4.69, 9.17) is 9.47 Å². The highest BCUT2D eigenvalue weighted by Crippen LogP contribution is 2.32. The van der Waals surface area contributed by atoms with E-state index in [1.165, 1.54) is 5.56 Å². The molecule has 154 valence electrons. The third kappa shape index (κ3) is 4.26. The van der Waals surface area contributed by atoms with Crippen LogP contribution < -0.4 is 5.32 Å². The maximum absolute atomic E-state index is 13.1. The van der Waals surface area contributed by atoms with Gasteiger partial charge >= 0.3 is 0 Å². The zero-order chi connectivity index (χ0) is 20.4. The maximum Gasteiger partial charge on any atom is 0.272 e. The minimum absolute atomic E-state index is 0.0801. The Bertz CT molecular complexity index is 883. The van der Waals surface area contributed by atoms with Crippen LogP contribution in [0.2, 0.25) is 0 Å². The summed E-state index contributed by atoms with van der Waals surface area (Å²) in [5.41, 5.74) is 3.31. The van der Waals surface area contributed by atoms with Gasteiger partial charge in [-0.15, -0.1) is 0 Å². The molecule has 2 fully saturated rings. The molecule has 4 rings (SSSR count). The van der Waals surface area contributed by atoms with Gasteiger partial charge in [-0.1, -0.05) is 32.0 Å². The fourth-order valence-corrected chi connectivity index (χ4v) is 3.97. The van der Waals surface area contributed by atoms with Crippen molar-refractivity contribution in [3.63, 3.8) is 0 Å². The molecule has 1 aromatic heterocycles. The Labute approximate surface area is 171 Å². The van der Waals surface area contributed by atoms with E-state index in [0.29, 0.717) is 56.7 Å². The van der Waals surface area contributed by atoms with E-state index in [1.54, 1.807) is 6.07 Å². The lowest BCUT2D eigenvalue weighted by Gasteiger charge is -2.37. The zero-order valence-corrected chi connectivity index (χ0v) is 17.3. The number of nitrogens with zero attached hydrogens (tertiary/aromatic N) is 3. The van der Waals surface area contributed by atoms with E-state index in [0.717, 1.165) is 11.4 Å². The first-order chi connectivity index (χ1) is 14.0. The molecule has 2 aliphatic rings. The minimum atomic E-state index is -0.494. The average molecular weight is 396 g/mol. The van der Waals surface area contributed by atoms with Crippen LogP contribution in [0.15, 0.2) is 30.3 Å². The number of carbonyl (C=O) groups is 1. The lowest BCUT2D eigenvalue weighted by atomic mass is 10.0. The number of para-hydroxylation sites is 1. The Hall–Kier alpha value is -2.51. The van der Waals surface area contributed by atoms with E-state index in [1.807, 2.05) is 30.0 Å². The van der Waals surface area contributed by atoms with Gasteiger partial charge in [-0.05, 0) is 30.5 Å². The molecule has 0 radical (unpaired) electrons. The van der Waals surface area contributed by atoms with Gasteiger partial charge in [0.1, 0.15) is 5.69 Å². The normalized spacial score (nSPS) is 18.4. The number of nitrogens with one attached hydrogen (secondary N) is 1. The van der Waals surface area contributed by atoms with Crippen molar-refractivity contribution in [2.75, 3.05) is 31.6 Å². The Balaban J connectivity index is 1.51. The summed E-state index contributed by atoms with van der Waals surface area (Å²) in [6.45, 7) is 8.63. The first kappa shape index (κ1) is 19.8. The van der Waals surface area contributed by atoms with Crippen LogP contribution in [-0.2, 0) is 9.47 Å². The first-order valence-electron chi connectivity index (χ1n) is 10.2. The Kier molecular flexibility index (Phi) is 5.52. The summed E-state index contributed by atoms with van der Waals surface area (Å²) in [5, 5.41) is 3.30. The molecule has 2 aliphatic heterocycles. The molecule has 3 heterocycles. The number of hydrogen-bond acceptors (Lipinski definition) is 6. The average Bonchev–Trinajstić information content (AvgIpc) is 3.16. The molecule has 0 unspecified atom stereocenters. The number of anilines is 2. The van der Waals surface area contributed by atoms with Crippen molar-refractivity contribution in [2.24, 2.45) is 0 Å². The molecule has 7 nitrogen and oxygen atoms in total. The van der Waals surface area contributed by atoms with Gasteiger partial charge in [-0.2, -0.15) is 0 Å². The summed E-state index contributed by atoms with van der Waals surface area (Å²) in [6.07, 6.45) is 1.38. The van der Waals surface area contributed by atoms with E-state index >= 15 is 0 Å². The fourth-order valence-electron chi connectivity index (χ4n) is 3.97. The molecule has 0 saturated carbocycles. The molecular formula is C22H28N4O3. The highest BCUT2D eigenvalue weighted by atomic mass is 16.7. The largest absolute Gasteiger partial charge is 0.347 e. The van der Waals surface area contributed by atoms with Crippen LogP contribution in [0.25, 0.3) is 0 Å². The second-order valence-electron chi connectivity index (χ2n) is 7.98. The number of benzene rings is 1. The van der Waals surface area contributed by atoms with Gasteiger partial charge in [-0.25, -0.2) is 9.97 Å². The van der Waals surface area contributed by atoms with Crippen LogP contribution in [-0.4, -0.2) is 52.9 Å². The monoisotopic (exact) mass is 396 g/mol. The molecule has 0 bridgehead atoms. The standard InChI is InChI=1S/C22H28N4O3/c1-15(2)17-6-4-5-7-18(17)24-21-23-16(3)14-19(25-21)20(27)26-10-8-22(9-11-26)28-12-13-29-22/h4-7,14-15H,8-13H2,1-3H3,(H,23,24,25). The summed E-state index contributed by atoms with van der Waals surface area (Å²) in [4.78, 5) is 23.9. The summed E-state index contributed by atoms with van der Waals surface area (Å²) >= 11 is 0. The number of amides is 1. The second kappa shape index (κ2) is 8.08. The molecule has 1 N–H and O–H groups in total. The lowest BCUT2D eigenvalue weighted by Crippen LogP contribution is -2.47. The van der Waals surface area contributed by atoms with Crippen molar-refractivity contribution in [3.8, 4) is 0 Å². The van der Waals surface area contributed by atoms with Crippen molar-refractivity contribution in [2.45, 2.75) is 45.3 Å². The van der Waals surface area contributed by atoms with Crippen LogP contribution in [0.3, 0.4) is 0 Å². The quantitative estimate of drug-likeness (QED) is 0.850. The Morgan fingerprint density at radius 2 is 1.83 bits per heavy atom. The van der Waals surface area contributed by atoms with Gasteiger partial charge in [0, 0.05) is 37.3 Å². The molecule has 1 amide bonds. The van der Waals surface area contributed by atoms with Gasteiger partial charge in [0.05, 0.1) is 13.2 Å². The number of aromatic nitrogens is 2. The van der Waals surface area contributed by atoms with Gasteiger partial charge in [0.25, 0.3) is 5.91 Å². The number of rotatable bonds is 4. The predicted octanol–water partition coefficient (Wildman–Crippen LogP) is 3.63. The topological polar surface area (TPSA) is 76.6 Å². The summed E-state index contributed by atoms with van der Waals surface area (Å²) in [6, 6.07) is 9.84. The van der Waals surface area contributed by atoms with Crippen LogP contribution >= 0.6 is 0 Å². The third-order valence-corrected chi connectivity index (χ3v) is 5.53. The van der Waals surface area contributed by atoms with Gasteiger partial charge in [0.2, 0.25) is 5.95 Å². The van der Waals surface area contributed by atoms with Crippen LogP contribution in [0.5, 0.6) is 0 Å². The number of hydrogen-bond donors (Lipinski definition) is 1. The molecule has 7 heteroatoms. The molecule has 1 spiro atoms. The number of aryl methyl sites for hydroxylation is 1. The summed E-state index contributed by atoms with van der Waals surface area (Å²) < 4.78 is 11.5. The van der Waals surface area contributed by atoms with Crippen LogP contribution in [0.4, 0.5) is 11.6 Å². The maximum atomic E-state index is 13.1. The Morgan fingerprint density at radius 3 is 2.52 bits per heavy atom. The van der Waals surface area contributed by atoms with Crippen molar-refractivity contribution >= 4 is 17.5 Å². The van der Waals surface area contributed by atoms with Crippen molar-refractivity contribution in [1.82, 2.24) is 14.9 Å². The van der Waals surface area contributed by atoms with Crippen LogP contribution in [0.1, 0.15) is 54.4 Å². The Morgan fingerprint density at radius 1 is 1.14 bits per heavy atom. The molecule has 29 heavy (non-hydrogen) atoms. The molecular weight excluding hydrogens is 368 g/mol. The van der Waals surface area contributed by atoms with E-state index in [2.05, 4.69) is 35.2 Å². The number of carbonyl (C=O) groups excluding carboxylic acids is 1. The summed E-state index contributed by atoms with van der Waals surface area (Å²) in [7, 11) is 0. The van der Waals surface area contributed by atoms with Crippen molar-refractivity contribution in [1.29, 1.82) is 0 Å². The van der Waals surface area contributed by atoms with Crippen molar-refractivity contribution in [3.05, 3.63) is 47.3 Å². The third-order valence-electron chi connectivity index (χ3n) is 5.53. The molecule has 1 aromatic carbocycles. The SMILES string of the molecule is Cc1cc(C(=O)N2CCC3(CC2)OCCO3)nc(Nc2ccccc2C(C)C)n1. The number of likely N-dealkylation sites (tertiary alicyclic amines) is 1. The highest BCUT2D eigenvalue weighted by Gasteiger charge is 2.41. The second-order valence-corrected chi connectivity index (χ2v) is 7.98. The molecule has 0 atom stereocenters. The molecule has 2 saturated heterocycles. The van der Waals surface area contributed by atoms with E-state index < -0.39 is 5.79 Å². The van der Waals surface area contributed by atoms with Gasteiger partial charge in [-0.3, -0.25) is 4.79 Å². The first-order valence-corrected chi connectivity index (χ1v) is 10.2.